The third kappa shape index (κ3) is 2.15. The van der Waals surface area contributed by atoms with E-state index in [9.17, 15) is 14.4 Å². The third-order valence-electron chi connectivity index (χ3n) is 2.05. The quantitative estimate of drug-likeness (QED) is 0.581. The van der Waals surface area contributed by atoms with Gasteiger partial charge in [0, 0.05) is 19.3 Å². The summed E-state index contributed by atoms with van der Waals surface area (Å²) in [6.45, 7) is 0. The number of ketones is 2. The van der Waals surface area contributed by atoms with Crippen LogP contribution in [0, 0.1) is 5.92 Å². The molecule has 0 aromatic heterocycles. The molecule has 4 nitrogen and oxygen atoms in total. The van der Waals surface area contributed by atoms with Gasteiger partial charge in [-0.15, -0.1) is 0 Å². The smallest absolute Gasteiger partial charge is 0.217 e. The summed E-state index contributed by atoms with van der Waals surface area (Å²) in [7, 11) is 0. The number of carbonyl (C=O) groups excluding carboxylic acids is 3. The molecular weight excluding hydrogens is 158 g/mol. The molecule has 1 saturated carbocycles. The molecule has 0 aliphatic heterocycles. The molecule has 1 fully saturated rings. The molecule has 1 aliphatic rings. The van der Waals surface area contributed by atoms with Crippen LogP contribution in [0.1, 0.15) is 25.7 Å². The second-order valence-corrected chi connectivity index (χ2v) is 3.13. The van der Waals surface area contributed by atoms with Gasteiger partial charge in [-0.05, 0) is 12.3 Å². The first-order valence-electron chi connectivity index (χ1n) is 3.94. The van der Waals surface area contributed by atoms with Gasteiger partial charge in [0.25, 0.3) is 0 Å². The fraction of sp³-hybridized carbons (Fsp3) is 0.625. The molecule has 0 spiro atoms. The summed E-state index contributed by atoms with van der Waals surface area (Å²) >= 11 is 0. The minimum Gasteiger partial charge on any atom is -0.370 e. The zero-order valence-electron chi connectivity index (χ0n) is 6.71. The molecule has 1 atom stereocenters. The Morgan fingerprint density at radius 2 is 2.08 bits per heavy atom. The van der Waals surface area contributed by atoms with Gasteiger partial charge in [0.05, 0.1) is 0 Å². The predicted octanol–water partition coefficient (Wildman–Crippen LogP) is -0.200. The minimum absolute atomic E-state index is 0.00676. The number of rotatable bonds is 2. The zero-order chi connectivity index (χ0) is 9.14. The Kier molecular flexibility index (Phi) is 2.58. The van der Waals surface area contributed by atoms with Gasteiger partial charge in [0.2, 0.25) is 5.91 Å². The van der Waals surface area contributed by atoms with Gasteiger partial charge in [-0.25, -0.2) is 0 Å². The topological polar surface area (TPSA) is 77.2 Å². The number of Topliss-reactive ketones (excluding diaryl/α,β-unsaturated/α-hetero) is 2. The van der Waals surface area contributed by atoms with Crippen LogP contribution in [0.25, 0.3) is 0 Å². The maximum absolute atomic E-state index is 10.9. The van der Waals surface area contributed by atoms with Crippen LogP contribution in [-0.4, -0.2) is 17.5 Å². The Bertz CT molecular complexity index is 234. The Morgan fingerprint density at radius 1 is 1.42 bits per heavy atom. The van der Waals surface area contributed by atoms with E-state index in [4.69, 9.17) is 5.73 Å². The van der Waals surface area contributed by atoms with Crippen molar-refractivity contribution < 1.29 is 14.4 Å². The number of hydrogen-bond donors (Lipinski definition) is 1. The average Bonchev–Trinajstić information content (AvgIpc) is 1.96. The second-order valence-electron chi connectivity index (χ2n) is 3.13. The van der Waals surface area contributed by atoms with E-state index in [0.29, 0.717) is 6.42 Å². The highest BCUT2D eigenvalue weighted by atomic mass is 16.2. The maximum atomic E-state index is 10.9. The molecule has 0 aromatic carbocycles. The van der Waals surface area contributed by atoms with Crippen molar-refractivity contribution in [2.75, 3.05) is 0 Å². The van der Waals surface area contributed by atoms with Crippen LogP contribution in [-0.2, 0) is 14.4 Å². The van der Waals surface area contributed by atoms with Crippen molar-refractivity contribution in [3.8, 4) is 0 Å². The van der Waals surface area contributed by atoms with E-state index in [2.05, 4.69) is 0 Å². The lowest BCUT2D eigenvalue weighted by Gasteiger charge is -2.17. The highest BCUT2D eigenvalue weighted by Crippen LogP contribution is 2.21. The molecule has 0 heterocycles. The van der Waals surface area contributed by atoms with Gasteiger partial charge in [0.1, 0.15) is 0 Å². The SMILES string of the molecule is NC(=O)CC1CCC(=O)C(=O)C1. The summed E-state index contributed by atoms with van der Waals surface area (Å²) in [6, 6.07) is 0. The number of carbonyl (C=O) groups is 3. The van der Waals surface area contributed by atoms with Crippen LogP contribution in [0.3, 0.4) is 0 Å². The average molecular weight is 169 g/mol. The number of hydrogen-bond acceptors (Lipinski definition) is 3. The fourth-order valence-electron chi connectivity index (χ4n) is 1.41. The van der Waals surface area contributed by atoms with E-state index in [1.165, 1.54) is 0 Å². The molecule has 0 aromatic rings. The molecule has 1 rings (SSSR count). The molecular formula is C8H11NO3. The molecule has 0 saturated heterocycles. The van der Waals surface area contributed by atoms with Crippen molar-refractivity contribution in [3.63, 3.8) is 0 Å². The Morgan fingerprint density at radius 3 is 2.58 bits per heavy atom. The first-order valence-corrected chi connectivity index (χ1v) is 3.94. The van der Waals surface area contributed by atoms with Gasteiger partial charge >= 0.3 is 0 Å². The van der Waals surface area contributed by atoms with Crippen LogP contribution < -0.4 is 5.73 Å². The van der Waals surface area contributed by atoms with Gasteiger partial charge in [0.15, 0.2) is 11.6 Å². The van der Waals surface area contributed by atoms with Crippen molar-refractivity contribution in [3.05, 3.63) is 0 Å². The van der Waals surface area contributed by atoms with Crippen molar-refractivity contribution in [1.82, 2.24) is 0 Å². The molecule has 66 valence electrons. The normalized spacial score (nSPS) is 24.2. The van der Waals surface area contributed by atoms with Gasteiger partial charge < -0.3 is 5.73 Å². The van der Waals surface area contributed by atoms with E-state index >= 15 is 0 Å². The van der Waals surface area contributed by atoms with Gasteiger partial charge in [-0.1, -0.05) is 0 Å². The van der Waals surface area contributed by atoms with E-state index < -0.39 is 5.91 Å². The van der Waals surface area contributed by atoms with Gasteiger partial charge in [-0.3, -0.25) is 14.4 Å². The van der Waals surface area contributed by atoms with Crippen molar-refractivity contribution >= 4 is 17.5 Å². The summed E-state index contributed by atoms with van der Waals surface area (Å²) in [5, 5.41) is 0. The first kappa shape index (κ1) is 8.90. The van der Waals surface area contributed by atoms with Crippen LogP contribution in [0.2, 0.25) is 0 Å². The maximum Gasteiger partial charge on any atom is 0.217 e. The molecule has 1 aliphatic carbocycles. The number of nitrogens with two attached hydrogens (primary N) is 1. The summed E-state index contributed by atoms with van der Waals surface area (Å²) in [6.07, 6.45) is 1.31. The monoisotopic (exact) mass is 169 g/mol. The third-order valence-corrected chi connectivity index (χ3v) is 2.05. The summed E-state index contributed by atoms with van der Waals surface area (Å²) < 4.78 is 0. The molecule has 4 heteroatoms. The summed E-state index contributed by atoms with van der Waals surface area (Å²) in [5.41, 5.74) is 4.97. The molecule has 0 bridgehead atoms. The predicted molar refractivity (Wildman–Crippen MR) is 41.2 cm³/mol. The highest BCUT2D eigenvalue weighted by molar-refractivity contribution is 6.37. The summed E-state index contributed by atoms with van der Waals surface area (Å²) in [5.74, 6) is -1.07. The van der Waals surface area contributed by atoms with E-state index in [-0.39, 0.29) is 36.7 Å². The fourth-order valence-corrected chi connectivity index (χ4v) is 1.41. The standard InChI is InChI=1S/C8H11NO3/c9-8(12)4-5-1-2-6(10)7(11)3-5/h5H,1-4H2,(H2,9,12). The highest BCUT2D eigenvalue weighted by Gasteiger charge is 2.26. The van der Waals surface area contributed by atoms with Crippen LogP contribution >= 0.6 is 0 Å². The molecule has 1 amide bonds. The molecule has 0 radical (unpaired) electrons. The van der Waals surface area contributed by atoms with Crippen LogP contribution in [0.4, 0.5) is 0 Å². The Balaban J connectivity index is 2.45. The van der Waals surface area contributed by atoms with E-state index in [0.717, 1.165) is 0 Å². The van der Waals surface area contributed by atoms with Crippen molar-refractivity contribution in [2.45, 2.75) is 25.7 Å². The van der Waals surface area contributed by atoms with Crippen LogP contribution in [0.5, 0.6) is 0 Å². The summed E-state index contributed by atoms with van der Waals surface area (Å²) in [4.78, 5) is 32.1. The number of primary amides is 1. The van der Waals surface area contributed by atoms with Crippen molar-refractivity contribution in [2.24, 2.45) is 11.7 Å². The lowest BCUT2D eigenvalue weighted by molar-refractivity contribution is -0.139. The first-order chi connectivity index (χ1) is 5.59. The van der Waals surface area contributed by atoms with Crippen molar-refractivity contribution in [1.29, 1.82) is 0 Å². The van der Waals surface area contributed by atoms with E-state index in [1.54, 1.807) is 0 Å². The Hall–Kier alpha value is -1.19. The minimum atomic E-state index is -0.401. The lowest BCUT2D eigenvalue weighted by Crippen LogP contribution is -2.27. The zero-order valence-corrected chi connectivity index (χ0v) is 6.71. The molecule has 1 unspecified atom stereocenters. The largest absolute Gasteiger partial charge is 0.370 e. The number of amides is 1. The second kappa shape index (κ2) is 3.47. The van der Waals surface area contributed by atoms with Gasteiger partial charge in [-0.2, -0.15) is 0 Å². The Labute approximate surface area is 70.1 Å². The lowest BCUT2D eigenvalue weighted by atomic mass is 9.85. The molecule has 12 heavy (non-hydrogen) atoms. The van der Waals surface area contributed by atoms with E-state index in [1.807, 2.05) is 0 Å². The van der Waals surface area contributed by atoms with Crippen LogP contribution in [0.15, 0.2) is 0 Å². The molecule has 2 N–H and O–H groups in total.